The second kappa shape index (κ2) is 12.7. The molecule has 0 aliphatic heterocycles. The van der Waals surface area contributed by atoms with E-state index in [2.05, 4.69) is 30.1 Å². The smallest absolute Gasteiger partial charge is 0.407 e. The van der Waals surface area contributed by atoms with Gasteiger partial charge in [0.25, 0.3) is 0 Å². The Morgan fingerprint density at radius 3 is 2.72 bits per heavy atom. The van der Waals surface area contributed by atoms with E-state index in [-0.39, 0.29) is 12.1 Å². The monoisotopic (exact) mass is 533 g/mol. The number of halogens is 1. The van der Waals surface area contributed by atoms with Crippen LogP contribution in [0.15, 0.2) is 36.7 Å². The van der Waals surface area contributed by atoms with Crippen molar-refractivity contribution in [2.75, 3.05) is 29.4 Å². The molecule has 10 nitrogen and oxygen atoms in total. The second-order valence-electron chi connectivity index (χ2n) is 8.53. The fourth-order valence-corrected chi connectivity index (χ4v) is 4.45. The summed E-state index contributed by atoms with van der Waals surface area (Å²) >= 11 is 6.42. The summed E-state index contributed by atoms with van der Waals surface area (Å²) in [5, 5.41) is 11.1. The number of alkyl carbamates (subject to hydrolysis) is 1. The molecule has 0 aliphatic rings. The Labute approximate surface area is 218 Å². The third-order valence-corrected chi connectivity index (χ3v) is 6.56. The van der Waals surface area contributed by atoms with Crippen molar-refractivity contribution < 1.29 is 13.7 Å². The van der Waals surface area contributed by atoms with Crippen LogP contribution in [-0.4, -0.2) is 55.5 Å². The molecule has 36 heavy (non-hydrogen) atoms. The Morgan fingerprint density at radius 2 is 2.03 bits per heavy atom. The Kier molecular flexibility index (Phi) is 9.65. The molecule has 194 valence electrons. The summed E-state index contributed by atoms with van der Waals surface area (Å²) in [5.41, 5.74) is 3.61. The van der Waals surface area contributed by atoms with Gasteiger partial charge in [0.2, 0.25) is 5.95 Å². The molecule has 0 fully saturated rings. The first-order valence-electron chi connectivity index (χ1n) is 11.7. The first-order chi connectivity index (χ1) is 17.2. The van der Waals surface area contributed by atoms with E-state index in [1.807, 2.05) is 56.8 Å². The summed E-state index contributed by atoms with van der Waals surface area (Å²) in [4.78, 5) is 20.4. The highest BCUT2D eigenvalue weighted by Crippen LogP contribution is 2.34. The molecule has 12 heteroatoms. The quantitative estimate of drug-likeness (QED) is 0.321. The Hall–Kier alpha value is -3.18. The van der Waals surface area contributed by atoms with Gasteiger partial charge >= 0.3 is 6.09 Å². The average molecular weight is 534 g/mol. The molecule has 0 radical (unpaired) electrons. The minimum atomic E-state index is -1.20. The van der Waals surface area contributed by atoms with Crippen molar-refractivity contribution in [3.63, 3.8) is 0 Å². The van der Waals surface area contributed by atoms with Crippen LogP contribution in [0.3, 0.4) is 0 Å². The van der Waals surface area contributed by atoms with E-state index >= 15 is 0 Å². The Bertz CT molecular complexity index is 1220. The van der Waals surface area contributed by atoms with E-state index in [9.17, 15) is 9.00 Å². The summed E-state index contributed by atoms with van der Waals surface area (Å²) < 4.78 is 21.8. The highest BCUT2D eigenvalue weighted by molar-refractivity contribution is 7.86. The van der Waals surface area contributed by atoms with Crippen molar-refractivity contribution in [1.29, 1.82) is 0 Å². The summed E-state index contributed by atoms with van der Waals surface area (Å²) in [6, 6.07) is 7.19. The van der Waals surface area contributed by atoms with Crippen LogP contribution in [0.2, 0.25) is 5.02 Å². The maximum Gasteiger partial charge on any atom is 0.407 e. The fraction of sp³-hybridized carbons (Fsp3) is 0.417. The van der Waals surface area contributed by atoms with Crippen LogP contribution in [-0.2, 0) is 15.7 Å². The topological polar surface area (TPSA) is 123 Å². The van der Waals surface area contributed by atoms with Crippen LogP contribution in [0.4, 0.5) is 16.4 Å². The van der Waals surface area contributed by atoms with Crippen molar-refractivity contribution in [3.05, 3.63) is 41.7 Å². The van der Waals surface area contributed by atoms with Gasteiger partial charge in [-0.1, -0.05) is 18.5 Å². The third-order valence-electron chi connectivity index (χ3n) is 5.10. The molecule has 3 rings (SSSR count). The lowest BCUT2D eigenvalue weighted by Gasteiger charge is -2.14. The molecule has 1 aromatic carbocycles. The summed E-state index contributed by atoms with van der Waals surface area (Å²) in [6.07, 6.45) is 3.91. The van der Waals surface area contributed by atoms with Crippen molar-refractivity contribution >= 4 is 40.3 Å². The van der Waals surface area contributed by atoms with Gasteiger partial charge in [0.15, 0.2) is 0 Å². The SMILES string of the molecule is CCCS(=O)Nc1cc(Cl)cc(-c2nn(C(C)C)cc2-c2ccnc(NC[C@H](C)NC(=O)OC)n2)c1. The number of amides is 1. The van der Waals surface area contributed by atoms with Crippen LogP contribution in [0.25, 0.3) is 22.5 Å². The zero-order valence-electron chi connectivity index (χ0n) is 21.0. The lowest BCUT2D eigenvalue weighted by molar-refractivity contribution is 0.168. The molecule has 0 saturated heterocycles. The van der Waals surface area contributed by atoms with E-state index in [4.69, 9.17) is 16.7 Å². The number of carbonyl (C=O) groups is 1. The van der Waals surface area contributed by atoms with Gasteiger partial charge in [0.1, 0.15) is 16.7 Å². The first-order valence-corrected chi connectivity index (χ1v) is 13.4. The highest BCUT2D eigenvalue weighted by Gasteiger charge is 2.18. The van der Waals surface area contributed by atoms with Crippen LogP contribution in [0.1, 0.15) is 40.2 Å². The number of anilines is 2. The Balaban J connectivity index is 1.94. The van der Waals surface area contributed by atoms with Gasteiger partial charge in [0.05, 0.1) is 12.8 Å². The molecule has 2 heterocycles. The zero-order chi connectivity index (χ0) is 26.2. The minimum absolute atomic E-state index is 0.121. The van der Waals surface area contributed by atoms with E-state index in [0.29, 0.717) is 40.3 Å². The Morgan fingerprint density at radius 1 is 1.25 bits per heavy atom. The molecule has 0 aliphatic carbocycles. The second-order valence-corrected chi connectivity index (χ2v) is 10.3. The van der Waals surface area contributed by atoms with Crippen molar-refractivity contribution in [2.24, 2.45) is 0 Å². The number of aromatic nitrogens is 4. The maximum atomic E-state index is 12.3. The van der Waals surface area contributed by atoms with Crippen molar-refractivity contribution in [3.8, 4) is 22.5 Å². The van der Waals surface area contributed by atoms with Crippen LogP contribution < -0.4 is 15.4 Å². The molecule has 1 unspecified atom stereocenters. The molecule has 0 saturated carbocycles. The van der Waals surface area contributed by atoms with Crippen LogP contribution in [0.5, 0.6) is 0 Å². The van der Waals surface area contributed by atoms with Crippen molar-refractivity contribution in [1.82, 2.24) is 25.1 Å². The molecule has 1 amide bonds. The van der Waals surface area contributed by atoms with E-state index in [1.54, 1.807) is 12.3 Å². The van der Waals surface area contributed by atoms with Crippen molar-refractivity contribution in [2.45, 2.75) is 46.2 Å². The summed E-state index contributed by atoms with van der Waals surface area (Å²) in [7, 11) is 0.121. The number of ether oxygens (including phenoxy) is 1. The molecular formula is C24H32ClN7O3S. The van der Waals surface area contributed by atoms with Gasteiger partial charge in [-0.05, 0) is 51.5 Å². The number of nitrogens with one attached hydrogen (secondary N) is 3. The number of nitrogens with zero attached hydrogens (tertiary/aromatic N) is 4. The van der Waals surface area contributed by atoms with Gasteiger partial charge in [-0.15, -0.1) is 0 Å². The lowest BCUT2D eigenvalue weighted by Crippen LogP contribution is -2.37. The van der Waals surface area contributed by atoms with E-state index in [1.165, 1.54) is 7.11 Å². The highest BCUT2D eigenvalue weighted by atomic mass is 35.5. The predicted molar refractivity (Wildman–Crippen MR) is 144 cm³/mol. The van der Waals surface area contributed by atoms with E-state index < -0.39 is 17.1 Å². The predicted octanol–water partition coefficient (Wildman–Crippen LogP) is 4.88. The normalized spacial score (nSPS) is 12.8. The average Bonchev–Trinajstić information content (AvgIpc) is 3.29. The molecule has 0 spiro atoms. The molecular weight excluding hydrogens is 502 g/mol. The first kappa shape index (κ1) is 27.4. The lowest BCUT2D eigenvalue weighted by atomic mass is 10.1. The standard InChI is InChI=1S/C24H32ClN7O3S/c1-6-9-36(34)31-19-11-17(10-18(25)12-19)22-20(14-32(30-22)15(2)3)21-7-8-26-23(29-21)27-13-16(4)28-24(33)35-5/h7-8,10-12,14-16,31H,6,9,13H2,1-5H3,(H,28,33)(H,26,27,29)/t16-,36?/m0/s1. The van der Waals surface area contributed by atoms with Gasteiger partial charge in [-0.25, -0.2) is 19.0 Å². The minimum Gasteiger partial charge on any atom is -0.453 e. The third kappa shape index (κ3) is 7.41. The summed E-state index contributed by atoms with van der Waals surface area (Å²) in [6.45, 7) is 8.32. The largest absolute Gasteiger partial charge is 0.453 e. The molecule has 0 bridgehead atoms. The molecule has 3 aromatic rings. The molecule has 3 N–H and O–H groups in total. The number of rotatable bonds is 11. The van der Waals surface area contributed by atoms with Crippen LogP contribution in [0, 0.1) is 0 Å². The number of hydrogen-bond acceptors (Lipinski definition) is 7. The fourth-order valence-electron chi connectivity index (χ4n) is 3.36. The van der Waals surface area contributed by atoms with E-state index in [0.717, 1.165) is 17.5 Å². The number of benzene rings is 1. The van der Waals surface area contributed by atoms with Crippen LogP contribution >= 0.6 is 11.6 Å². The van der Waals surface area contributed by atoms with Gasteiger partial charge < -0.3 is 20.1 Å². The number of hydrogen-bond donors (Lipinski definition) is 3. The molecule has 2 atom stereocenters. The van der Waals surface area contributed by atoms with Gasteiger partial charge in [-0.3, -0.25) is 4.68 Å². The van der Waals surface area contributed by atoms with Gasteiger partial charge in [0, 0.05) is 58.6 Å². The zero-order valence-corrected chi connectivity index (χ0v) is 22.6. The maximum absolute atomic E-state index is 12.3. The number of carbonyl (C=O) groups excluding carboxylic acids is 1. The summed E-state index contributed by atoms with van der Waals surface area (Å²) in [5.74, 6) is 0.956. The van der Waals surface area contributed by atoms with Gasteiger partial charge in [-0.2, -0.15) is 5.10 Å². The number of methoxy groups -OCH3 is 1. The molecule has 2 aromatic heterocycles.